The van der Waals surface area contributed by atoms with Crippen LogP contribution in [-0.2, 0) is 6.42 Å². The molecule has 1 aromatic carbocycles. The third kappa shape index (κ3) is 3.08. The monoisotopic (exact) mass is 252 g/mol. The van der Waals surface area contributed by atoms with Gasteiger partial charge in [-0.1, -0.05) is 31.2 Å². The standard InChI is InChI=1S/C15H16N4/c1-3-12-4-6-13(7-5-12)14-10-17-15(18-11-14)19(2)9-8-16/h4-7,10-11H,3,9H2,1-2H3. The summed E-state index contributed by atoms with van der Waals surface area (Å²) in [6.45, 7) is 2.42. The minimum Gasteiger partial charge on any atom is -0.331 e. The number of rotatable bonds is 4. The molecule has 2 aromatic rings. The van der Waals surface area contributed by atoms with Gasteiger partial charge in [-0.25, -0.2) is 9.97 Å². The molecule has 0 atom stereocenters. The Bertz CT molecular complexity index is 567. The van der Waals surface area contributed by atoms with Crippen LogP contribution in [0.1, 0.15) is 12.5 Å². The van der Waals surface area contributed by atoms with Crippen LogP contribution in [0, 0.1) is 11.3 Å². The number of anilines is 1. The van der Waals surface area contributed by atoms with Crippen molar-refractivity contribution in [1.82, 2.24) is 9.97 Å². The molecule has 0 aliphatic rings. The minimum absolute atomic E-state index is 0.282. The molecule has 0 amide bonds. The quantitative estimate of drug-likeness (QED) is 0.785. The summed E-state index contributed by atoms with van der Waals surface area (Å²) in [6, 6.07) is 10.5. The fourth-order valence-electron chi connectivity index (χ4n) is 1.78. The molecule has 0 aliphatic heterocycles. The second kappa shape index (κ2) is 5.96. The van der Waals surface area contributed by atoms with Crippen LogP contribution in [0.15, 0.2) is 36.7 Å². The fraction of sp³-hybridized carbons (Fsp3) is 0.267. The summed E-state index contributed by atoms with van der Waals surface area (Å²) >= 11 is 0. The van der Waals surface area contributed by atoms with Crippen LogP contribution >= 0.6 is 0 Å². The molecule has 19 heavy (non-hydrogen) atoms. The summed E-state index contributed by atoms with van der Waals surface area (Å²) in [4.78, 5) is 10.3. The van der Waals surface area contributed by atoms with Gasteiger partial charge in [0, 0.05) is 25.0 Å². The molecular formula is C15H16N4. The first-order valence-corrected chi connectivity index (χ1v) is 6.24. The van der Waals surface area contributed by atoms with Gasteiger partial charge in [-0.05, 0) is 17.5 Å². The third-order valence-corrected chi connectivity index (χ3v) is 2.98. The molecule has 4 nitrogen and oxygen atoms in total. The fourth-order valence-corrected chi connectivity index (χ4v) is 1.78. The average Bonchev–Trinajstić information content (AvgIpc) is 2.48. The predicted molar refractivity (Wildman–Crippen MR) is 75.7 cm³/mol. The number of hydrogen-bond donors (Lipinski definition) is 0. The molecule has 0 radical (unpaired) electrons. The first kappa shape index (κ1) is 13.0. The van der Waals surface area contributed by atoms with Crippen molar-refractivity contribution in [3.05, 3.63) is 42.2 Å². The largest absolute Gasteiger partial charge is 0.331 e. The van der Waals surface area contributed by atoms with E-state index in [0.29, 0.717) is 5.95 Å². The van der Waals surface area contributed by atoms with Gasteiger partial charge < -0.3 is 4.90 Å². The third-order valence-electron chi connectivity index (χ3n) is 2.98. The van der Waals surface area contributed by atoms with Gasteiger partial charge in [0.1, 0.15) is 6.54 Å². The number of aryl methyl sites for hydroxylation is 1. The molecule has 2 rings (SSSR count). The van der Waals surface area contributed by atoms with Crippen LogP contribution < -0.4 is 4.90 Å². The van der Waals surface area contributed by atoms with Crippen LogP contribution in [0.3, 0.4) is 0 Å². The molecule has 0 unspecified atom stereocenters. The lowest BCUT2D eigenvalue weighted by Crippen LogP contribution is -2.19. The van der Waals surface area contributed by atoms with Gasteiger partial charge in [-0.3, -0.25) is 0 Å². The maximum absolute atomic E-state index is 8.63. The molecule has 0 saturated carbocycles. The zero-order chi connectivity index (χ0) is 13.7. The Hall–Kier alpha value is -2.41. The predicted octanol–water partition coefficient (Wildman–Crippen LogP) is 2.67. The highest BCUT2D eigenvalue weighted by Gasteiger charge is 2.04. The highest BCUT2D eigenvalue weighted by atomic mass is 15.2. The van der Waals surface area contributed by atoms with E-state index in [-0.39, 0.29) is 6.54 Å². The highest BCUT2D eigenvalue weighted by Crippen LogP contribution is 2.19. The molecule has 0 bridgehead atoms. The number of hydrogen-bond acceptors (Lipinski definition) is 4. The van der Waals surface area contributed by atoms with E-state index in [4.69, 9.17) is 5.26 Å². The summed E-state index contributed by atoms with van der Waals surface area (Å²) in [5.41, 5.74) is 3.40. The van der Waals surface area contributed by atoms with E-state index in [0.717, 1.165) is 17.5 Å². The van der Waals surface area contributed by atoms with Crippen LogP contribution in [0.5, 0.6) is 0 Å². The number of nitriles is 1. The molecule has 1 heterocycles. The molecule has 96 valence electrons. The topological polar surface area (TPSA) is 52.8 Å². The number of benzene rings is 1. The normalized spacial score (nSPS) is 9.95. The SMILES string of the molecule is CCc1ccc(-c2cnc(N(C)CC#N)nc2)cc1. The number of aromatic nitrogens is 2. The first-order valence-electron chi connectivity index (χ1n) is 6.24. The smallest absolute Gasteiger partial charge is 0.225 e. The second-order valence-electron chi connectivity index (χ2n) is 4.34. The maximum Gasteiger partial charge on any atom is 0.225 e. The highest BCUT2D eigenvalue weighted by molar-refractivity contribution is 5.62. The van der Waals surface area contributed by atoms with Gasteiger partial charge in [0.15, 0.2) is 0 Å². The summed E-state index contributed by atoms with van der Waals surface area (Å²) < 4.78 is 0. The summed E-state index contributed by atoms with van der Waals surface area (Å²) in [7, 11) is 1.80. The van der Waals surface area contributed by atoms with E-state index < -0.39 is 0 Å². The zero-order valence-corrected chi connectivity index (χ0v) is 11.2. The van der Waals surface area contributed by atoms with Crippen molar-refractivity contribution >= 4 is 5.95 Å². The van der Waals surface area contributed by atoms with Gasteiger partial charge in [-0.2, -0.15) is 5.26 Å². The summed E-state index contributed by atoms with van der Waals surface area (Å²) in [5, 5.41) is 8.63. The van der Waals surface area contributed by atoms with Crippen molar-refractivity contribution < 1.29 is 0 Å². The van der Waals surface area contributed by atoms with E-state index >= 15 is 0 Å². The Labute approximate surface area is 113 Å². The van der Waals surface area contributed by atoms with Crippen molar-refractivity contribution in [3.63, 3.8) is 0 Å². The van der Waals surface area contributed by atoms with Crippen LogP contribution in [0.4, 0.5) is 5.95 Å². The van der Waals surface area contributed by atoms with Gasteiger partial charge >= 0.3 is 0 Å². The molecule has 1 aromatic heterocycles. The summed E-state index contributed by atoms with van der Waals surface area (Å²) in [6.07, 6.45) is 4.61. The lowest BCUT2D eigenvalue weighted by Gasteiger charge is -2.12. The van der Waals surface area contributed by atoms with E-state index in [1.807, 2.05) is 0 Å². The second-order valence-corrected chi connectivity index (χ2v) is 4.34. The average molecular weight is 252 g/mol. The lowest BCUT2D eigenvalue weighted by molar-refractivity contribution is 0.947. The Morgan fingerprint density at radius 1 is 1.11 bits per heavy atom. The Morgan fingerprint density at radius 3 is 2.26 bits per heavy atom. The Morgan fingerprint density at radius 2 is 1.74 bits per heavy atom. The maximum atomic E-state index is 8.63. The number of nitrogens with zero attached hydrogens (tertiary/aromatic N) is 4. The molecule has 4 heteroatoms. The Kier molecular flexibility index (Phi) is 4.09. The lowest BCUT2D eigenvalue weighted by atomic mass is 10.1. The summed E-state index contributed by atoms with van der Waals surface area (Å²) in [5.74, 6) is 0.565. The van der Waals surface area contributed by atoms with Crippen molar-refractivity contribution in [1.29, 1.82) is 5.26 Å². The molecule has 0 saturated heterocycles. The van der Waals surface area contributed by atoms with E-state index in [2.05, 4.69) is 47.2 Å². The van der Waals surface area contributed by atoms with Gasteiger partial charge in [0.2, 0.25) is 5.95 Å². The van der Waals surface area contributed by atoms with E-state index in [1.54, 1.807) is 24.3 Å². The molecule has 0 fully saturated rings. The molecule has 0 spiro atoms. The van der Waals surface area contributed by atoms with Gasteiger partial charge in [0.25, 0.3) is 0 Å². The Balaban J connectivity index is 2.20. The first-order chi connectivity index (χ1) is 9.24. The van der Waals surface area contributed by atoms with Gasteiger partial charge in [-0.15, -0.1) is 0 Å². The van der Waals surface area contributed by atoms with Crippen LogP contribution in [-0.4, -0.2) is 23.6 Å². The van der Waals surface area contributed by atoms with Crippen LogP contribution in [0.25, 0.3) is 11.1 Å². The minimum atomic E-state index is 0.282. The zero-order valence-electron chi connectivity index (χ0n) is 11.2. The van der Waals surface area contributed by atoms with E-state index in [1.165, 1.54) is 5.56 Å². The van der Waals surface area contributed by atoms with Crippen molar-refractivity contribution in [2.45, 2.75) is 13.3 Å². The van der Waals surface area contributed by atoms with Crippen molar-refractivity contribution in [2.24, 2.45) is 0 Å². The van der Waals surface area contributed by atoms with Crippen molar-refractivity contribution in [2.75, 3.05) is 18.5 Å². The van der Waals surface area contributed by atoms with Crippen LogP contribution in [0.2, 0.25) is 0 Å². The van der Waals surface area contributed by atoms with Gasteiger partial charge in [0.05, 0.1) is 6.07 Å². The molecule has 0 N–H and O–H groups in total. The van der Waals surface area contributed by atoms with E-state index in [9.17, 15) is 0 Å². The molecule has 0 aliphatic carbocycles. The van der Waals surface area contributed by atoms with Crippen molar-refractivity contribution in [3.8, 4) is 17.2 Å². The molecular weight excluding hydrogens is 236 g/mol.